The van der Waals surface area contributed by atoms with Crippen molar-refractivity contribution < 1.29 is 13.9 Å². The topological polar surface area (TPSA) is 71.8 Å². The maximum atomic E-state index is 15.0. The number of halogens is 1. The van der Waals surface area contributed by atoms with Gasteiger partial charge in [0, 0.05) is 42.5 Å². The number of carbonyl (C=O) groups excluding carboxylic acids is 1. The fourth-order valence-electron chi connectivity index (χ4n) is 4.04. The third-order valence-corrected chi connectivity index (χ3v) is 5.96. The van der Waals surface area contributed by atoms with Crippen molar-refractivity contribution in [1.82, 2.24) is 19.5 Å². The van der Waals surface area contributed by atoms with Gasteiger partial charge in [0.05, 0.1) is 11.7 Å². The first kappa shape index (κ1) is 19.9. The van der Waals surface area contributed by atoms with E-state index in [0.29, 0.717) is 24.5 Å². The summed E-state index contributed by atoms with van der Waals surface area (Å²) in [5, 5.41) is 7.31. The van der Waals surface area contributed by atoms with Crippen LogP contribution in [0.25, 0.3) is 16.6 Å². The summed E-state index contributed by atoms with van der Waals surface area (Å²) in [7, 11) is 1.92. The van der Waals surface area contributed by atoms with E-state index in [0.717, 1.165) is 41.7 Å². The standard InChI is InChI=1S/C23H26FN5O2/c1-15-9-19(20(12-25-15)31-14-23(24)6-8-28(2)13-23)17-5-7-29-18(10-17)11-21(27-29)26-22(30)16-3-4-16/h5,7,9-12,16H,3-4,6,8,13-14H2,1-2H3,(H,26,27,30)/t23-/m1/s1. The summed E-state index contributed by atoms with van der Waals surface area (Å²) >= 11 is 0. The Morgan fingerprint density at radius 1 is 1.35 bits per heavy atom. The number of pyridine rings is 2. The van der Waals surface area contributed by atoms with Gasteiger partial charge in [0.25, 0.3) is 0 Å². The average Bonchev–Trinajstić information content (AvgIpc) is 3.43. The second kappa shape index (κ2) is 7.60. The second-order valence-electron chi connectivity index (χ2n) is 8.83. The largest absolute Gasteiger partial charge is 0.488 e. The minimum atomic E-state index is -1.35. The molecule has 1 aliphatic heterocycles. The Kier molecular flexibility index (Phi) is 4.89. The summed E-state index contributed by atoms with van der Waals surface area (Å²) in [4.78, 5) is 18.4. The molecule has 3 aromatic heterocycles. The monoisotopic (exact) mass is 423 g/mol. The number of nitrogens with one attached hydrogen (secondary N) is 1. The Morgan fingerprint density at radius 3 is 2.94 bits per heavy atom. The molecule has 0 spiro atoms. The summed E-state index contributed by atoms with van der Waals surface area (Å²) in [5.74, 6) is 1.25. The number of anilines is 1. The molecule has 1 saturated carbocycles. The maximum absolute atomic E-state index is 15.0. The number of alkyl halides is 1. The number of nitrogens with zero attached hydrogens (tertiary/aromatic N) is 4. The molecule has 4 heterocycles. The number of ether oxygens (including phenoxy) is 1. The quantitative estimate of drug-likeness (QED) is 0.657. The van der Waals surface area contributed by atoms with Gasteiger partial charge in [0.2, 0.25) is 5.91 Å². The molecule has 162 valence electrons. The number of amides is 1. The predicted octanol–water partition coefficient (Wildman–Crippen LogP) is 3.48. The Morgan fingerprint density at radius 2 is 2.19 bits per heavy atom. The molecule has 7 nitrogen and oxygen atoms in total. The maximum Gasteiger partial charge on any atom is 0.228 e. The summed E-state index contributed by atoms with van der Waals surface area (Å²) < 4.78 is 22.7. The lowest BCUT2D eigenvalue weighted by Crippen LogP contribution is -2.34. The normalized spacial score (nSPS) is 21.5. The van der Waals surface area contributed by atoms with Crippen LogP contribution in [0.2, 0.25) is 0 Å². The van der Waals surface area contributed by atoms with Gasteiger partial charge in [-0.25, -0.2) is 8.91 Å². The fourth-order valence-corrected chi connectivity index (χ4v) is 4.04. The summed E-state index contributed by atoms with van der Waals surface area (Å²) in [6, 6.07) is 7.71. The molecule has 1 amide bonds. The summed E-state index contributed by atoms with van der Waals surface area (Å²) in [5.41, 5.74) is 2.13. The molecule has 1 N–H and O–H groups in total. The highest BCUT2D eigenvalue weighted by Crippen LogP contribution is 2.34. The second-order valence-corrected chi connectivity index (χ2v) is 8.83. The molecule has 1 saturated heterocycles. The van der Waals surface area contributed by atoms with Gasteiger partial charge < -0.3 is 15.0 Å². The molecule has 0 bridgehead atoms. The number of aryl methyl sites for hydroxylation is 1. The smallest absolute Gasteiger partial charge is 0.228 e. The first-order valence-corrected chi connectivity index (χ1v) is 10.7. The molecule has 2 aliphatic rings. The van der Waals surface area contributed by atoms with Crippen molar-refractivity contribution in [2.45, 2.75) is 31.9 Å². The van der Waals surface area contributed by atoms with Gasteiger partial charge in [-0.05, 0) is 57.0 Å². The number of aromatic nitrogens is 3. The van der Waals surface area contributed by atoms with Crippen LogP contribution in [-0.4, -0.2) is 57.8 Å². The number of hydrogen-bond donors (Lipinski definition) is 1. The Labute approximate surface area is 180 Å². The minimum absolute atomic E-state index is 0.00134. The molecule has 0 aromatic carbocycles. The zero-order valence-corrected chi connectivity index (χ0v) is 17.8. The van der Waals surface area contributed by atoms with Crippen LogP contribution in [0.5, 0.6) is 5.75 Å². The third-order valence-electron chi connectivity index (χ3n) is 5.96. The zero-order valence-electron chi connectivity index (χ0n) is 17.8. The lowest BCUT2D eigenvalue weighted by Gasteiger charge is -2.21. The Hall–Kier alpha value is -3.00. The first-order valence-electron chi connectivity index (χ1n) is 10.7. The van der Waals surface area contributed by atoms with Crippen LogP contribution in [-0.2, 0) is 4.79 Å². The molecular formula is C23H26FN5O2. The molecule has 8 heteroatoms. The molecule has 1 aliphatic carbocycles. The summed E-state index contributed by atoms with van der Waals surface area (Å²) in [6.07, 6.45) is 5.87. The van der Waals surface area contributed by atoms with Gasteiger partial charge >= 0.3 is 0 Å². The average molecular weight is 423 g/mol. The molecule has 5 rings (SSSR count). The predicted molar refractivity (Wildman–Crippen MR) is 116 cm³/mol. The van der Waals surface area contributed by atoms with Crippen LogP contribution in [0.1, 0.15) is 25.0 Å². The molecule has 2 fully saturated rings. The van der Waals surface area contributed by atoms with Gasteiger partial charge in [-0.1, -0.05) is 0 Å². The molecular weight excluding hydrogens is 397 g/mol. The Balaban J connectivity index is 1.40. The van der Waals surface area contributed by atoms with E-state index < -0.39 is 5.67 Å². The molecule has 31 heavy (non-hydrogen) atoms. The molecule has 0 unspecified atom stereocenters. The minimum Gasteiger partial charge on any atom is -0.488 e. The van der Waals surface area contributed by atoms with Crippen LogP contribution in [0.15, 0.2) is 36.7 Å². The van der Waals surface area contributed by atoms with Crippen molar-refractivity contribution in [3.05, 3.63) is 42.4 Å². The van der Waals surface area contributed by atoms with Crippen LogP contribution in [0.4, 0.5) is 10.2 Å². The fraction of sp³-hybridized carbons (Fsp3) is 0.435. The van der Waals surface area contributed by atoms with Gasteiger partial charge in [0.15, 0.2) is 11.5 Å². The van der Waals surface area contributed by atoms with E-state index in [1.54, 1.807) is 10.7 Å². The Bertz CT molecular complexity index is 1140. The molecule has 1 atom stereocenters. The van der Waals surface area contributed by atoms with E-state index in [-0.39, 0.29) is 18.4 Å². The highest BCUT2D eigenvalue weighted by atomic mass is 19.1. The van der Waals surface area contributed by atoms with E-state index in [1.807, 2.05) is 49.3 Å². The van der Waals surface area contributed by atoms with Gasteiger partial charge in [-0.2, -0.15) is 5.10 Å². The highest BCUT2D eigenvalue weighted by molar-refractivity contribution is 5.93. The molecule has 0 radical (unpaired) electrons. The van der Waals surface area contributed by atoms with E-state index in [2.05, 4.69) is 15.4 Å². The number of fused-ring (bicyclic) bond motifs is 1. The van der Waals surface area contributed by atoms with E-state index >= 15 is 4.39 Å². The van der Waals surface area contributed by atoms with Crippen molar-refractivity contribution in [3.8, 4) is 16.9 Å². The van der Waals surface area contributed by atoms with Crippen molar-refractivity contribution in [1.29, 1.82) is 0 Å². The number of rotatable bonds is 6. The van der Waals surface area contributed by atoms with E-state index in [9.17, 15) is 4.79 Å². The van der Waals surface area contributed by atoms with E-state index in [4.69, 9.17) is 4.74 Å². The van der Waals surface area contributed by atoms with Crippen molar-refractivity contribution >= 4 is 17.2 Å². The van der Waals surface area contributed by atoms with Crippen LogP contribution < -0.4 is 10.1 Å². The summed E-state index contributed by atoms with van der Waals surface area (Å²) in [6.45, 7) is 3.02. The zero-order chi connectivity index (χ0) is 21.6. The van der Waals surface area contributed by atoms with Crippen molar-refractivity contribution in [2.24, 2.45) is 5.92 Å². The van der Waals surface area contributed by atoms with Gasteiger partial charge in [0.1, 0.15) is 12.4 Å². The van der Waals surface area contributed by atoms with Crippen molar-refractivity contribution in [3.63, 3.8) is 0 Å². The van der Waals surface area contributed by atoms with Crippen LogP contribution in [0.3, 0.4) is 0 Å². The van der Waals surface area contributed by atoms with Gasteiger partial charge in [-0.3, -0.25) is 9.78 Å². The van der Waals surface area contributed by atoms with Crippen LogP contribution >= 0.6 is 0 Å². The lowest BCUT2D eigenvalue weighted by atomic mass is 10.1. The highest BCUT2D eigenvalue weighted by Gasteiger charge is 2.38. The molecule has 3 aromatic rings. The SMILES string of the molecule is Cc1cc(-c2ccn3nc(NC(=O)C4CC4)cc3c2)c(OC[C@@]2(F)CCN(C)C2)cn1. The van der Waals surface area contributed by atoms with Gasteiger partial charge in [-0.15, -0.1) is 0 Å². The third kappa shape index (κ3) is 4.25. The number of hydrogen-bond acceptors (Lipinski definition) is 5. The lowest BCUT2D eigenvalue weighted by molar-refractivity contribution is -0.117. The number of likely N-dealkylation sites (tertiary alicyclic amines) is 1. The first-order chi connectivity index (χ1) is 14.9. The van der Waals surface area contributed by atoms with Crippen molar-refractivity contribution in [2.75, 3.05) is 32.1 Å². The number of carbonyl (C=O) groups is 1. The van der Waals surface area contributed by atoms with E-state index in [1.165, 1.54) is 0 Å². The van der Waals surface area contributed by atoms with Crippen LogP contribution in [0, 0.1) is 12.8 Å².